The minimum atomic E-state index is 0.218. The van der Waals surface area contributed by atoms with Crippen LogP contribution in [0, 0.1) is 5.92 Å². The third-order valence-corrected chi connectivity index (χ3v) is 3.68. The third-order valence-electron chi connectivity index (χ3n) is 3.53. The summed E-state index contributed by atoms with van der Waals surface area (Å²) in [5, 5.41) is 1.87. The lowest BCUT2D eigenvalue weighted by Crippen LogP contribution is -2.25. The van der Waals surface area contributed by atoms with Gasteiger partial charge in [0.2, 0.25) is 0 Å². The molecule has 0 aliphatic heterocycles. The number of hydrogen-bond donors (Lipinski definition) is 1. The highest BCUT2D eigenvalue weighted by Gasteiger charge is 2.01. The van der Waals surface area contributed by atoms with Gasteiger partial charge in [-0.25, -0.2) is 4.98 Å². The van der Waals surface area contributed by atoms with Crippen LogP contribution < -0.4 is 10.7 Å². The van der Waals surface area contributed by atoms with Gasteiger partial charge in [0.05, 0.1) is 17.0 Å². The molecular formula is C20H21ClN2. The zero-order valence-electron chi connectivity index (χ0n) is 13.2. The first-order chi connectivity index (χ1) is 11.2. The Morgan fingerprint density at radius 1 is 1.35 bits per heavy atom. The first-order valence-corrected chi connectivity index (χ1v) is 8.11. The van der Waals surface area contributed by atoms with Gasteiger partial charge in [-0.1, -0.05) is 74.2 Å². The summed E-state index contributed by atoms with van der Waals surface area (Å²) in [7, 11) is 0. The predicted octanol–water partition coefficient (Wildman–Crippen LogP) is 3.67. The summed E-state index contributed by atoms with van der Waals surface area (Å²) in [4.78, 5) is 7.41. The van der Waals surface area contributed by atoms with Crippen LogP contribution in [0.4, 0.5) is 0 Å². The molecule has 0 saturated heterocycles. The zero-order valence-corrected chi connectivity index (χ0v) is 14.0. The number of imidazole rings is 1. The van der Waals surface area contributed by atoms with Crippen LogP contribution >= 0.6 is 11.6 Å². The number of aromatic amines is 1. The Morgan fingerprint density at radius 2 is 2.13 bits per heavy atom. The number of allylic oxidation sites excluding steroid dienone is 4. The van der Waals surface area contributed by atoms with Crippen molar-refractivity contribution in [3.63, 3.8) is 0 Å². The van der Waals surface area contributed by atoms with Gasteiger partial charge in [-0.3, -0.25) is 0 Å². The summed E-state index contributed by atoms with van der Waals surface area (Å²) < 4.78 is 0. The second-order valence-electron chi connectivity index (χ2n) is 5.16. The molecule has 1 N–H and O–H groups in total. The molecule has 1 unspecified atom stereocenters. The maximum Gasteiger partial charge on any atom is 0.0931 e. The Bertz CT molecular complexity index is 798. The van der Waals surface area contributed by atoms with Gasteiger partial charge in [-0.15, -0.1) is 11.6 Å². The number of nitrogens with zero attached hydrogens (tertiary/aromatic N) is 1. The van der Waals surface area contributed by atoms with E-state index >= 15 is 0 Å². The average Bonchev–Trinajstić information content (AvgIpc) is 3.00. The van der Waals surface area contributed by atoms with E-state index in [0.29, 0.717) is 5.88 Å². The molecule has 1 aromatic heterocycles. The molecule has 23 heavy (non-hydrogen) atoms. The van der Waals surface area contributed by atoms with E-state index in [4.69, 9.17) is 11.6 Å². The normalized spacial score (nSPS) is 15.3. The number of alkyl halides is 1. The largest absolute Gasteiger partial charge is 0.345 e. The summed E-state index contributed by atoms with van der Waals surface area (Å²) in [6.07, 6.45) is 13.8. The average molecular weight is 325 g/mol. The predicted molar refractivity (Wildman–Crippen MR) is 100 cm³/mol. The minimum Gasteiger partial charge on any atom is -0.345 e. The zero-order chi connectivity index (χ0) is 16.5. The second kappa shape index (κ2) is 8.96. The number of rotatable bonds is 6. The van der Waals surface area contributed by atoms with Crippen LogP contribution in [-0.4, -0.2) is 15.8 Å². The number of nitrogens with one attached hydrogen (secondary N) is 1. The highest BCUT2D eigenvalue weighted by Crippen LogP contribution is 2.13. The molecule has 0 aliphatic rings. The van der Waals surface area contributed by atoms with Crippen molar-refractivity contribution in [2.75, 3.05) is 5.88 Å². The van der Waals surface area contributed by atoms with Crippen molar-refractivity contribution in [2.45, 2.75) is 6.92 Å². The van der Waals surface area contributed by atoms with E-state index in [2.05, 4.69) is 59.9 Å². The fourth-order valence-electron chi connectivity index (χ4n) is 2.27. The van der Waals surface area contributed by atoms with Gasteiger partial charge in [0, 0.05) is 11.8 Å². The molecule has 0 amide bonds. The van der Waals surface area contributed by atoms with Crippen LogP contribution in [-0.2, 0) is 0 Å². The number of H-pyrrole nitrogens is 1. The smallest absolute Gasteiger partial charge is 0.0931 e. The number of benzene rings is 1. The van der Waals surface area contributed by atoms with Crippen molar-refractivity contribution < 1.29 is 0 Å². The molecule has 1 aromatic carbocycles. The van der Waals surface area contributed by atoms with Crippen molar-refractivity contribution in [3.05, 3.63) is 83.3 Å². The number of hydrogen-bond acceptors (Lipinski definition) is 1. The Balaban J connectivity index is 2.21. The van der Waals surface area contributed by atoms with E-state index in [1.165, 1.54) is 5.56 Å². The molecule has 0 saturated carbocycles. The Kier molecular flexibility index (Phi) is 6.64. The lowest BCUT2D eigenvalue weighted by molar-refractivity contribution is 0.937. The van der Waals surface area contributed by atoms with Crippen LogP contribution in [0.3, 0.4) is 0 Å². The molecule has 0 fully saturated rings. The van der Waals surface area contributed by atoms with Gasteiger partial charge in [-0.05, 0) is 17.2 Å². The van der Waals surface area contributed by atoms with Gasteiger partial charge in [0.1, 0.15) is 0 Å². The molecule has 0 radical (unpaired) electrons. The molecule has 118 valence electrons. The Labute approximate surface area is 142 Å². The highest BCUT2D eigenvalue weighted by atomic mass is 35.5. The fraction of sp³-hybridized carbons (Fsp3) is 0.150. The first-order valence-electron chi connectivity index (χ1n) is 7.57. The maximum absolute atomic E-state index is 5.76. The quantitative estimate of drug-likeness (QED) is 0.637. The molecule has 2 aromatic rings. The van der Waals surface area contributed by atoms with E-state index in [1.54, 1.807) is 6.33 Å². The highest BCUT2D eigenvalue weighted by molar-refractivity contribution is 6.20. The van der Waals surface area contributed by atoms with E-state index in [9.17, 15) is 0 Å². The van der Waals surface area contributed by atoms with Crippen LogP contribution in [0.2, 0.25) is 0 Å². The number of halogens is 1. The molecular weight excluding hydrogens is 304 g/mol. The molecule has 3 heteroatoms. The van der Waals surface area contributed by atoms with Crippen LogP contribution in [0.1, 0.15) is 12.5 Å². The minimum absolute atomic E-state index is 0.218. The SMILES string of the molecule is C=C/C(=C\C=C\c1ccccc1)C(C)/C=c1/[nH]cn/c1=C/CCl. The van der Waals surface area contributed by atoms with E-state index < -0.39 is 0 Å². The number of aromatic nitrogens is 2. The van der Waals surface area contributed by atoms with Crippen LogP contribution in [0.15, 0.2) is 67.0 Å². The summed E-state index contributed by atoms with van der Waals surface area (Å²) in [6, 6.07) is 10.2. The van der Waals surface area contributed by atoms with Crippen molar-refractivity contribution in [1.82, 2.24) is 9.97 Å². The van der Waals surface area contributed by atoms with Crippen molar-refractivity contribution in [2.24, 2.45) is 5.92 Å². The van der Waals surface area contributed by atoms with E-state index in [1.807, 2.05) is 30.4 Å². The molecule has 1 atom stereocenters. The van der Waals surface area contributed by atoms with E-state index in [-0.39, 0.29) is 5.92 Å². The molecule has 1 heterocycles. The van der Waals surface area contributed by atoms with Crippen LogP contribution in [0.5, 0.6) is 0 Å². The Morgan fingerprint density at radius 3 is 2.83 bits per heavy atom. The van der Waals surface area contributed by atoms with Crippen molar-refractivity contribution in [3.8, 4) is 0 Å². The van der Waals surface area contributed by atoms with Gasteiger partial charge < -0.3 is 4.98 Å². The van der Waals surface area contributed by atoms with Gasteiger partial charge in [-0.2, -0.15) is 0 Å². The summed E-state index contributed by atoms with van der Waals surface area (Å²) in [6.45, 7) is 6.05. The van der Waals surface area contributed by atoms with Gasteiger partial charge in [0.25, 0.3) is 0 Å². The molecule has 2 rings (SSSR count). The Hall–Kier alpha value is -2.32. The second-order valence-corrected chi connectivity index (χ2v) is 5.46. The third kappa shape index (κ3) is 5.11. The van der Waals surface area contributed by atoms with Gasteiger partial charge >= 0.3 is 0 Å². The van der Waals surface area contributed by atoms with E-state index in [0.717, 1.165) is 16.3 Å². The molecule has 0 aliphatic carbocycles. The monoisotopic (exact) mass is 324 g/mol. The maximum atomic E-state index is 5.76. The summed E-state index contributed by atoms with van der Waals surface area (Å²) >= 11 is 5.76. The summed E-state index contributed by atoms with van der Waals surface area (Å²) in [5.74, 6) is 0.667. The first kappa shape index (κ1) is 17.0. The summed E-state index contributed by atoms with van der Waals surface area (Å²) in [5.41, 5.74) is 2.32. The van der Waals surface area contributed by atoms with Crippen molar-refractivity contribution in [1.29, 1.82) is 0 Å². The van der Waals surface area contributed by atoms with Gasteiger partial charge in [0.15, 0.2) is 0 Å². The van der Waals surface area contributed by atoms with Crippen molar-refractivity contribution >= 4 is 29.8 Å². The lowest BCUT2D eigenvalue weighted by Gasteiger charge is -2.06. The molecule has 0 spiro atoms. The topological polar surface area (TPSA) is 28.7 Å². The standard InChI is InChI=1S/C20H21ClN2/c1-3-18(11-7-10-17-8-5-4-6-9-17)16(2)14-20-19(12-13-21)22-15-23-20/h3-12,14-16H,1,13H2,2H3,(H,22,23)/b10-7+,18-11+,19-12+,20-14+. The molecule has 2 nitrogen and oxygen atoms in total. The van der Waals surface area contributed by atoms with Crippen LogP contribution in [0.25, 0.3) is 18.2 Å². The fourth-order valence-corrected chi connectivity index (χ4v) is 2.42. The lowest BCUT2D eigenvalue weighted by atomic mass is 10.00. The molecule has 0 bridgehead atoms.